The molecule has 104 valence electrons. The summed E-state index contributed by atoms with van der Waals surface area (Å²) in [6, 6.07) is 15.3. The Morgan fingerprint density at radius 1 is 1.25 bits per heavy atom. The van der Waals surface area contributed by atoms with Crippen molar-refractivity contribution >= 4 is 56.0 Å². The fourth-order valence-electron chi connectivity index (χ4n) is 1.70. The third-order valence-corrected chi connectivity index (χ3v) is 5.21. The van der Waals surface area contributed by atoms with E-state index in [1.807, 2.05) is 36.4 Å². The number of nitrogens with one attached hydrogen (secondary N) is 1. The number of hydrogen-bond donors (Lipinski definition) is 1. The van der Waals surface area contributed by atoms with Gasteiger partial charge in [-0.15, -0.1) is 0 Å². The first-order valence-electron chi connectivity index (χ1n) is 6.00. The number of hydrogen-bond acceptors (Lipinski definition) is 1. The van der Waals surface area contributed by atoms with E-state index < -0.39 is 0 Å². The van der Waals surface area contributed by atoms with E-state index in [9.17, 15) is 4.79 Å². The topological polar surface area (TPSA) is 29.1 Å². The van der Waals surface area contributed by atoms with Crippen LogP contribution in [0.2, 0.25) is 5.02 Å². The Hall–Kier alpha value is -0.590. The van der Waals surface area contributed by atoms with E-state index in [1.54, 1.807) is 12.1 Å². The predicted octanol–water partition coefficient (Wildman–Crippen LogP) is 4.81. The van der Waals surface area contributed by atoms with Gasteiger partial charge in [0.2, 0.25) is 0 Å². The van der Waals surface area contributed by atoms with E-state index in [2.05, 4.69) is 43.8 Å². The van der Waals surface area contributed by atoms with Crippen molar-refractivity contribution in [3.8, 4) is 0 Å². The van der Waals surface area contributed by atoms with Gasteiger partial charge in [0, 0.05) is 15.7 Å². The average Bonchev–Trinajstić information content (AvgIpc) is 2.48. The van der Waals surface area contributed by atoms with Crippen molar-refractivity contribution in [2.45, 2.75) is 4.83 Å². The molecule has 0 fully saturated rings. The fraction of sp³-hybridized carbons (Fsp3) is 0.133. The molecule has 1 N–H and O–H groups in total. The molecule has 2 aromatic carbocycles. The number of halogens is 3. The minimum Gasteiger partial charge on any atom is -0.351 e. The molecule has 0 aromatic heterocycles. The van der Waals surface area contributed by atoms with Crippen molar-refractivity contribution in [2.24, 2.45) is 0 Å². The summed E-state index contributed by atoms with van der Waals surface area (Å²) >= 11 is 11.7. The standard InChI is InChI=1S/C15H12BrClINO/c16-12(10-4-2-1-3-5-10)9-19-15(20)11-6-7-14(18)13(17)8-11/h1-8,12H,9H2,(H,19,20). The average molecular weight is 465 g/mol. The molecule has 0 aliphatic rings. The molecule has 0 aliphatic heterocycles. The zero-order chi connectivity index (χ0) is 14.5. The summed E-state index contributed by atoms with van der Waals surface area (Å²) in [7, 11) is 0. The minimum absolute atomic E-state index is 0.0898. The molecule has 1 unspecified atom stereocenters. The lowest BCUT2D eigenvalue weighted by atomic mass is 10.1. The normalized spacial score (nSPS) is 11.9. The van der Waals surface area contributed by atoms with Crippen LogP contribution in [0, 0.1) is 3.57 Å². The third kappa shape index (κ3) is 4.20. The van der Waals surface area contributed by atoms with Crippen molar-refractivity contribution < 1.29 is 4.79 Å². The number of amides is 1. The van der Waals surface area contributed by atoms with Gasteiger partial charge in [-0.3, -0.25) is 4.79 Å². The summed E-state index contributed by atoms with van der Waals surface area (Å²) in [5.41, 5.74) is 1.71. The highest BCUT2D eigenvalue weighted by molar-refractivity contribution is 14.1. The molecule has 0 saturated heterocycles. The largest absolute Gasteiger partial charge is 0.351 e. The van der Waals surface area contributed by atoms with Gasteiger partial charge in [-0.05, 0) is 46.4 Å². The summed E-state index contributed by atoms with van der Waals surface area (Å²) in [6.07, 6.45) is 0. The molecule has 2 rings (SSSR count). The first kappa shape index (κ1) is 15.8. The van der Waals surface area contributed by atoms with Gasteiger partial charge >= 0.3 is 0 Å². The van der Waals surface area contributed by atoms with E-state index in [0.29, 0.717) is 17.1 Å². The number of carbonyl (C=O) groups is 1. The van der Waals surface area contributed by atoms with Crippen LogP contribution in [-0.4, -0.2) is 12.5 Å². The number of benzene rings is 2. The van der Waals surface area contributed by atoms with Crippen LogP contribution >= 0.6 is 50.1 Å². The maximum atomic E-state index is 12.1. The maximum Gasteiger partial charge on any atom is 0.251 e. The SMILES string of the molecule is O=C(NCC(Br)c1ccccc1)c1ccc(I)c(Cl)c1. The summed E-state index contributed by atoms with van der Waals surface area (Å²) in [5, 5.41) is 3.49. The molecule has 0 heterocycles. The maximum absolute atomic E-state index is 12.1. The van der Waals surface area contributed by atoms with Gasteiger partial charge in [0.1, 0.15) is 0 Å². The molecular formula is C15H12BrClINO. The van der Waals surface area contributed by atoms with Crippen LogP contribution in [0.25, 0.3) is 0 Å². The highest BCUT2D eigenvalue weighted by atomic mass is 127. The van der Waals surface area contributed by atoms with E-state index in [4.69, 9.17) is 11.6 Å². The smallest absolute Gasteiger partial charge is 0.251 e. The fourth-order valence-corrected chi connectivity index (χ4v) is 2.68. The molecule has 0 saturated carbocycles. The number of carbonyl (C=O) groups excluding carboxylic acids is 1. The van der Waals surface area contributed by atoms with E-state index in [0.717, 1.165) is 9.13 Å². The molecule has 0 radical (unpaired) electrons. The van der Waals surface area contributed by atoms with Crippen molar-refractivity contribution in [2.75, 3.05) is 6.54 Å². The lowest BCUT2D eigenvalue weighted by molar-refractivity contribution is 0.0954. The Balaban J connectivity index is 1.97. The highest BCUT2D eigenvalue weighted by Crippen LogP contribution is 2.22. The molecule has 20 heavy (non-hydrogen) atoms. The Labute approximate surface area is 145 Å². The first-order chi connectivity index (χ1) is 9.58. The quantitative estimate of drug-likeness (QED) is 0.511. The minimum atomic E-state index is -0.122. The lowest BCUT2D eigenvalue weighted by Crippen LogP contribution is -2.26. The zero-order valence-electron chi connectivity index (χ0n) is 10.4. The van der Waals surface area contributed by atoms with Crippen molar-refractivity contribution in [3.05, 3.63) is 68.3 Å². The van der Waals surface area contributed by atoms with Crippen LogP contribution in [0.15, 0.2) is 48.5 Å². The van der Waals surface area contributed by atoms with Gasteiger partial charge in [0.05, 0.1) is 9.85 Å². The van der Waals surface area contributed by atoms with Crippen LogP contribution in [-0.2, 0) is 0 Å². The Bertz CT molecular complexity index is 606. The second kappa shape index (κ2) is 7.43. The Morgan fingerprint density at radius 2 is 1.95 bits per heavy atom. The molecule has 2 nitrogen and oxygen atoms in total. The molecular weight excluding hydrogens is 452 g/mol. The number of rotatable bonds is 4. The lowest BCUT2D eigenvalue weighted by Gasteiger charge is -2.12. The van der Waals surface area contributed by atoms with Crippen molar-refractivity contribution in [1.29, 1.82) is 0 Å². The van der Waals surface area contributed by atoms with Crippen LogP contribution < -0.4 is 5.32 Å². The number of alkyl halides is 1. The first-order valence-corrected chi connectivity index (χ1v) is 8.37. The van der Waals surface area contributed by atoms with Gasteiger partial charge < -0.3 is 5.32 Å². The van der Waals surface area contributed by atoms with Gasteiger partial charge in [0.15, 0.2) is 0 Å². The zero-order valence-corrected chi connectivity index (χ0v) is 14.9. The van der Waals surface area contributed by atoms with Crippen LogP contribution in [0.3, 0.4) is 0 Å². The summed E-state index contributed by atoms with van der Waals surface area (Å²) < 4.78 is 0.934. The second-order valence-electron chi connectivity index (χ2n) is 4.22. The van der Waals surface area contributed by atoms with E-state index in [1.165, 1.54) is 0 Å². The van der Waals surface area contributed by atoms with Gasteiger partial charge in [-0.1, -0.05) is 57.9 Å². The summed E-state index contributed by atoms with van der Waals surface area (Å²) in [4.78, 5) is 12.1. The highest BCUT2D eigenvalue weighted by Gasteiger charge is 2.11. The van der Waals surface area contributed by atoms with Crippen LogP contribution in [0.5, 0.6) is 0 Å². The monoisotopic (exact) mass is 463 g/mol. The molecule has 1 atom stereocenters. The van der Waals surface area contributed by atoms with Crippen LogP contribution in [0.4, 0.5) is 0 Å². The molecule has 0 spiro atoms. The Kier molecular flexibility index (Phi) is 5.86. The van der Waals surface area contributed by atoms with E-state index >= 15 is 0 Å². The third-order valence-electron chi connectivity index (χ3n) is 2.78. The Morgan fingerprint density at radius 3 is 2.60 bits per heavy atom. The molecule has 1 amide bonds. The molecule has 2 aromatic rings. The van der Waals surface area contributed by atoms with Gasteiger partial charge in [0.25, 0.3) is 5.91 Å². The van der Waals surface area contributed by atoms with Crippen molar-refractivity contribution in [3.63, 3.8) is 0 Å². The van der Waals surface area contributed by atoms with Gasteiger partial charge in [-0.2, -0.15) is 0 Å². The molecule has 5 heteroatoms. The van der Waals surface area contributed by atoms with Crippen LogP contribution in [0.1, 0.15) is 20.7 Å². The van der Waals surface area contributed by atoms with Gasteiger partial charge in [-0.25, -0.2) is 0 Å². The molecule has 0 bridgehead atoms. The summed E-state index contributed by atoms with van der Waals surface area (Å²) in [6.45, 7) is 0.520. The predicted molar refractivity (Wildman–Crippen MR) is 94.6 cm³/mol. The van der Waals surface area contributed by atoms with Crippen molar-refractivity contribution in [1.82, 2.24) is 5.32 Å². The summed E-state index contributed by atoms with van der Waals surface area (Å²) in [5.74, 6) is -0.122. The van der Waals surface area contributed by atoms with E-state index in [-0.39, 0.29) is 10.7 Å². The second-order valence-corrected chi connectivity index (χ2v) is 6.89. The molecule has 0 aliphatic carbocycles.